The maximum atomic E-state index is 14.0. The van der Waals surface area contributed by atoms with Crippen molar-refractivity contribution < 1.29 is 19.0 Å². The summed E-state index contributed by atoms with van der Waals surface area (Å²) in [5.41, 5.74) is 4.31. The highest BCUT2D eigenvalue weighted by atomic mass is 79.9. The number of carbonyl (C=O) groups excluding carboxylic acids is 1. The van der Waals surface area contributed by atoms with Crippen LogP contribution in [-0.4, -0.2) is 23.8 Å². The molecule has 0 spiro atoms. The Morgan fingerprint density at radius 3 is 2.40 bits per heavy atom. The number of allylic oxidation sites excluding steroid dienone is 1. The lowest BCUT2D eigenvalue weighted by Gasteiger charge is -2.24. The van der Waals surface area contributed by atoms with E-state index in [0.29, 0.717) is 49.8 Å². The molecule has 222 valence electrons. The summed E-state index contributed by atoms with van der Waals surface area (Å²) < 4.78 is 21.2. The van der Waals surface area contributed by atoms with Crippen LogP contribution in [0.5, 0.6) is 11.5 Å². The fourth-order valence-corrected chi connectivity index (χ4v) is 6.70. The molecule has 7 nitrogen and oxygen atoms in total. The second-order valence-electron chi connectivity index (χ2n) is 9.89. The Bertz CT molecular complexity index is 1880. The lowest BCUT2D eigenvalue weighted by molar-refractivity contribution is -0.139. The fraction of sp³-hybridized carbons (Fsp3) is 0.242. The van der Waals surface area contributed by atoms with Gasteiger partial charge in [0.05, 0.1) is 39.5 Å². The van der Waals surface area contributed by atoms with E-state index in [1.807, 2.05) is 80.6 Å². The van der Waals surface area contributed by atoms with E-state index in [0.717, 1.165) is 26.7 Å². The molecule has 0 amide bonds. The highest BCUT2D eigenvalue weighted by Crippen LogP contribution is 2.38. The van der Waals surface area contributed by atoms with Crippen LogP contribution >= 0.6 is 43.2 Å². The molecule has 1 aromatic heterocycles. The minimum Gasteiger partial charge on any atom is -0.490 e. The van der Waals surface area contributed by atoms with Gasteiger partial charge in [-0.3, -0.25) is 9.36 Å². The number of esters is 1. The van der Waals surface area contributed by atoms with Crippen molar-refractivity contribution in [1.29, 1.82) is 0 Å². The molecule has 2 heterocycles. The summed E-state index contributed by atoms with van der Waals surface area (Å²) >= 11 is 8.38. The Morgan fingerprint density at radius 1 is 1.00 bits per heavy atom. The Balaban J connectivity index is 1.58. The van der Waals surface area contributed by atoms with Crippen molar-refractivity contribution in [3.63, 3.8) is 0 Å². The van der Waals surface area contributed by atoms with Gasteiger partial charge in [0.2, 0.25) is 0 Å². The van der Waals surface area contributed by atoms with Gasteiger partial charge in [-0.2, -0.15) is 0 Å². The van der Waals surface area contributed by atoms with E-state index in [1.54, 1.807) is 18.4 Å². The summed E-state index contributed by atoms with van der Waals surface area (Å²) in [6, 6.07) is 18.8. The second-order valence-corrected chi connectivity index (χ2v) is 12.7. The van der Waals surface area contributed by atoms with Crippen LogP contribution < -0.4 is 24.4 Å². The summed E-state index contributed by atoms with van der Waals surface area (Å²) in [5, 5.41) is 0. The number of benzene rings is 3. The second kappa shape index (κ2) is 13.4. The normalized spacial score (nSPS) is 14.7. The van der Waals surface area contributed by atoms with Crippen LogP contribution in [0, 0.1) is 6.92 Å². The van der Waals surface area contributed by atoms with Gasteiger partial charge in [-0.1, -0.05) is 69.2 Å². The molecule has 0 aliphatic carbocycles. The number of thiazole rings is 1. The van der Waals surface area contributed by atoms with E-state index < -0.39 is 12.0 Å². The quantitative estimate of drug-likeness (QED) is 0.182. The molecule has 4 aromatic rings. The first-order valence-corrected chi connectivity index (χ1v) is 16.2. The zero-order valence-electron chi connectivity index (χ0n) is 24.1. The Morgan fingerprint density at radius 2 is 1.72 bits per heavy atom. The third kappa shape index (κ3) is 6.71. The van der Waals surface area contributed by atoms with E-state index in [9.17, 15) is 9.59 Å². The molecule has 5 rings (SSSR count). The number of aromatic nitrogens is 1. The average Bonchev–Trinajstić information content (AvgIpc) is 3.27. The van der Waals surface area contributed by atoms with Gasteiger partial charge in [-0.05, 0) is 90.7 Å². The van der Waals surface area contributed by atoms with Crippen molar-refractivity contribution in [1.82, 2.24) is 4.57 Å². The number of fused-ring (bicyclic) bond motifs is 1. The Hall–Kier alpha value is -3.47. The lowest BCUT2D eigenvalue weighted by Crippen LogP contribution is -2.39. The van der Waals surface area contributed by atoms with Crippen molar-refractivity contribution in [3.05, 3.63) is 123 Å². The minimum absolute atomic E-state index is 0.223. The van der Waals surface area contributed by atoms with Crippen LogP contribution in [0.3, 0.4) is 0 Å². The largest absolute Gasteiger partial charge is 0.490 e. The van der Waals surface area contributed by atoms with E-state index in [1.165, 1.54) is 11.3 Å². The number of aryl methyl sites for hydroxylation is 1. The van der Waals surface area contributed by atoms with Crippen LogP contribution in [0.1, 0.15) is 49.1 Å². The molecule has 10 heteroatoms. The molecule has 43 heavy (non-hydrogen) atoms. The number of nitrogens with zero attached hydrogens (tertiary/aromatic N) is 2. The van der Waals surface area contributed by atoms with Crippen LogP contribution in [0.15, 0.2) is 90.7 Å². The molecular formula is C33H30Br2N2O5S. The number of halogens is 2. The summed E-state index contributed by atoms with van der Waals surface area (Å²) in [6.45, 7) is 8.48. The number of carbonyl (C=O) groups is 1. The van der Waals surface area contributed by atoms with Gasteiger partial charge >= 0.3 is 5.97 Å². The first kappa shape index (κ1) is 31.0. The number of hydrogen-bond acceptors (Lipinski definition) is 7. The van der Waals surface area contributed by atoms with Crippen LogP contribution in [0.2, 0.25) is 0 Å². The monoisotopic (exact) mass is 724 g/mol. The highest BCUT2D eigenvalue weighted by molar-refractivity contribution is 9.10. The predicted molar refractivity (Wildman–Crippen MR) is 175 cm³/mol. The topological polar surface area (TPSA) is 79.1 Å². The van der Waals surface area contributed by atoms with Crippen molar-refractivity contribution in [2.75, 3.05) is 13.2 Å². The van der Waals surface area contributed by atoms with Gasteiger partial charge in [0.1, 0.15) is 6.61 Å². The standard InChI is InChI=1S/C33H30Br2N2O5S/c1-5-40-26-16-22(15-25(35)30(26)42-18-21-9-13-24(34)14-10-21)17-27-31(38)37-29(23-11-7-19(3)8-12-23)28(32(39)41-6-2)20(4)36-33(37)43-27/h7-17,29H,5-6,18H2,1-4H3/b27-17+/t29-/m1/s1. The first-order chi connectivity index (χ1) is 20.7. The van der Waals surface area contributed by atoms with Gasteiger partial charge in [0, 0.05) is 4.47 Å². The maximum Gasteiger partial charge on any atom is 0.338 e. The van der Waals surface area contributed by atoms with Crippen molar-refractivity contribution in [2.24, 2.45) is 4.99 Å². The van der Waals surface area contributed by atoms with Crippen LogP contribution in [-0.2, 0) is 16.1 Å². The smallest absolute Gasteiger partial charge is 0.338 e. The predicted octanol–water partition coefficient (Wildman–Crippen LogP) is 6.61. The molecule has 0 unspecified atom stereocenters. The number of ether oxygens (including phenoxy) is 3. The third-order valence-electron chi connectivity index (χ3n) is 6.84. The lowest BCUT2D eigenvalue weighted by atomic mass is 9.95. The van der Waals surface area contributed by atoms with Gasteiger partial charge in [0.25, 0.3) is 5.56 Å². The number of hydrogen-bond donors (Lipinski definition) is 0. The van der Waals surface area contributed by atoms with Gasteiger partial charge in [-0.25, -0.2) is 9.79 Å². The van der Waals surface area contributed by atoms with E-state index >= 15 is 0 Å². The SMILES string of the molecule is CCOC(=O)C1=C(C)N=c2s/c(=C/c3cc(Br)c(OCc4ccc(Br)cc4)c(OCC)c3)c(=O)n2[C@@H]1c1ccc(C)cc1. The van der Waals surface area contributed by atoms with Crippen LogP contribution in [0.25, 0.3) is 6.08 Å². The Labute approximate surface area is 270 Å². The molecule has 0 fully saturated rings. The molecule has 0 N–H and O–H groups in total. The molecule has 3 aromatic carbocycles. The summed E-state index contributed by atoms with van der Waals surface area (Å²) in [7, 11) is 0. The van der Waals surface area contributed by atoms with Crippen LogP contribution in [0.4, 0.5) is 0 Å². The molecule has 0 bridgehead atoms. The molecule has 0 radical (unpaired) electrons. The highest BCUT2D eigenvalue weighted by Gasteiger charge is 2.33. The number of rotatable bonds is 9. The molecular weight excluding hydrogens is 696 g/mol. The van der Waals surface area contributed by atoms with Crippen molar-refractivity contribution >= 4 is 55.2 Å². The van der Waals surface area contributed by atoms with Gasteiger partial charge in [0.15, 0.2) is 16.3 Å². The average molecular weight is 726 g/mol. The Kier molecular flexibility index (Phi) is 9.68. The van der Waals surface area contributed by atoms with Crippen molar-refractivity contribution in [3.8, 4) is 11.5 Å². The molecule has 1 aliphatic rings. The minimum atomic E-state index is -0.654. The third-order valence-corrected chi connectivity index (χ3v) is 8.94. The van der Waals surface area contributed by atoms with Gasteiger partial charge < -0.3 is 14.2 Å². The zero-order valence-corrected chi connectivity index (χ0v) is 28.1. The fourth-order valence-electron chi connectivity index (χ4n) is 4.82. The first-order valence-electron chi connectivity index (χ1n) is 13.8. The summed E-state index contributed by atoms with van der Waals surface area (Å²) in [6.07, 6.45) is 1.81. The maximum absolute atomic E-state index is 14.0. The molecule has 1 aliphatic heterocycles. The molecule has 0 saturated heterocycles. The zero-order chi connectivity index (χ0) is 30.7. The molecule has 1 atom stereocenters. The summed E-state index contributed by atoms with van der Waals surface area (Å²) in [5.74, 6) is 0.663. The summed E-state index contributed by atoms with van der Waals surface area (Å²) in [4.78, 5) is 32.3. The van der Waals surface area contributed by atoms with Crippen molar-refractivity contribution in [2.45, 2.75) is 40.3 Å². The molecule has 0 saturated carbocycles. The van der Waals surface area contributed by atoms with E-state index in [2.05, 4.69) is 36.9 Å². The van der Waals surface area contributed by atoms with Gasteiger partial charge in [-0.15, -0.1) is 0 Å². The van der Waals surface area contributed by atoms with E-state index in [-0.39, 0.29) is 12.2 Å². The van der Waals surface area contributed by atoms with E-state index in [4.69, 9.17) is 14.2 Å².